The maximum absolute atomic E-state index is 11.8. The van der Waals surface area contributed by atoms with Gasteiger partial charge < -0.3 is 15.5 Å². The second-order valence-corrected chi connectivity index (χ2v) is 6.42. The fraction of sp³-hybridized carbons (Fsp3) is 0.556. The first-order valence-electron chi connectivity index (χ1n) is 8.35. The lowest BCUT2D eigenvalue weighted by Gasteiger charge is -2.18. The van der Waals surface area contributed by atoms with Gasteiger partial charge in [0.15, 0.2) is 5.96 Å². The van der Waals surface area contributed by atoms with Crippen molar-refractivity contribution in [1.29, 1.82) is 0 Å². The van der Waals surface area contributed by atoms with Crippen LogP contribution in [-0.4, -0.2) is 43.4 Å². The van der Waals surface area contributed by atoms with Crippen molar-refractivity contribution in [2.75, 3.05) is 20.6 Å². The van der Waals surface area contributed by atoms with Crippen LogP contribution in [0.1, 0.15) is 36.8 Å². The highest BCUT2D eigenvalue weighted by Gasteiger charge is 2.16. The van der Waals surface area contributed by atoms with Gasteiger partial charge in [0, 0.05) is 20.1 Å². The summed E-state index contributed by atoms with van der Waals surface area (Å²) in [5, 5.41) is 6.62. The Balaban J connectivity index is 1.98. The summed E-state index contributed by atoms with van der Waals surface area (Å²) in [6.45, 7) is 2.96. The minimum absolute atomic E-state index is 0.0430. The van der Waals surface area contributed by atoms with E-state index < -0.39 is 0 Å². The summed E-state index contributed by atoms with van der Waals surface area (Å²) in [4.78, 5) is 18.0. The number of guanidine groups is 1. The number of nitrogens with zero attached hydrogens (tertiary/aromatic N) is 2. The van der Waals surface area contributed by atoms with E-state index in [1.54, 1.807) is 19.0 Å². The van der Waals surface area contributed by atoms with Crippen molar-refractivity contribution in [1.82, 2.24) is 15.5 Å². The van der Waals surface area contributed by atoms with Gasteiger partial charge in [-0.05, 0) is 25.3 Å². The van der Waals surface area contributed by atoms with Crippen molar-refractivity contribution in [2.45, 2.75) is 45.2 Å². The summed E-state index contributed by atoms with van der Waals surface area (Å²) in [6.07, 6.45) is 4.87. The lowest BCUT2D eigenvalue weighted by Crippen LogP contribution is -2.46. The van der Waals surface area contributed by atoms with Gasteiger partial charge in [0.2, 0.25) is 5.91 Å². The number of amides is 1. The molecule has 2 N–H and O–H groups in total. The Morgan fingerprint density at radius 1 is 1.30 bits per heavy atom. The molecule has 126 valence electrons. The highest BCUT2D eigenvalue weighted by molar-refractivity contribution is 5.86. The van der Waals surface area contributed by atoms with E-state index in [1.807, 2.05) is 6.07 Å². The van der Waals surface area contributed by atoms with E-state index >= 15 is 0 Å². The van der Waals surface area contributed by atoms with Crippen LogP contribution in [0.5, 0.6) is 0 Å². The van der Waals surface area contributed by atoms with Gasteiger partial charge in [0.05, 0.1) is 13.1 Å². The van der Waals surface area contributed by atoms with E-state index in [0.29, 0.717) is 12.6 Å². The predicted molar refractivity (Wildman–Crippen MR) is 94.4 cm³/mol. The molecule has 1 aliphatic carbocycles. The summed E-state index contributed by atoms with van der Waals surface area (Å²) in [5.74, 6) is 0.773. The van der Waals surface area contributed by atoms with Crippen molar-refractivity contribution < 1.29 is 4.79 Å². The molecule has 0 aromatic heterocycles. The van der Waals surface area contributed by atoms with Crippen molar-refractivity contribution in [3.8, 4) is 0 Å². The van der Waals surface area contributed by atoms with Gasteiger partial charge in [-0.15, -0.1) is 0 Å². The third-order valence-electron chi connectivity index (χ3n) is 4.10. The summed E-state index contributed by atoms with van der Waals surface area (Å²) in [7, 11) is 3.52. The fourth-order valence-electron chi connectivity index (χ4n) is 2.71. The molecule has 1 fully saturated rings. The number of rotatable bonds is 5. The minimum Gasteiger partial charge on any atom is -0.354 e. The van der Waals surface area contributed by atoms with Crippen LogP contribution in [0.3, 0.4) is 0 Å². The number of carbonyl (C=O) groups is 1. The molecule has 0 unspecified atom stereocenters. The normalized spacial score (nSPS) is 15.5. The van der Waals surface area contributed by atoms with Crippen molar-refractivity contribution >= 4 is 11.9 Å². The zero-order valence-electron chi connectivity index (χ0n) is 14.4. The number of aliphatic imine (C=N–C) groups is 1. The molecule has 2 rings (SSSR count). The molecular weight excluding hydrogens is 288 g/mol. The smallest absolute Gasteiger partial charge is 0.241 e. The third-order valence-corrected chi connectivity index (χ3v) is 4.10. The van der Waals surface area contributed by atoms with Crippen LogP contribution in [-0.2, 0) is 11.3 Å². The summed E-state index contributed by atoms with van der Waals surface area (Å²) in [5.41, 5.74) is 2.41. The van der Waals surface area contributed by atoms with E-state index in [4.69, 9.17) is 0 Å². The lowest BCUT2D eigenvalue weighted by atomic mass is 10.1. The Kier molecular flexibility index (Phi) is 6.44. The number of hydrogen-bond acceptors (Lipinski definition) is 2. The average Bonchev–Trinajstić information content (AvgIpc) is 3.02. The van der Waals surface area contributed by atoms with Gasteiger partial charge in [0.25, 0.3) is 0 Å². The Bertz CT molecular complexity index is 548. The second-order valence-electron chi connectivity index (χ2n) is 6.42. The van der Waals surface area contributed by atoms with Crippen LogP contribution < -0.4 is 10.6 Å². The number of carbonyl (C=O) groups excluding carboxylic acids is 1. The van der Waals surface area contributed by atoms with Gasteiger partial charge in [-0.3, -0.25) is 4.79 Å². The molecule has 1 aromatic rings. The predicted octanol–water partition coefficient (Wildman–Crippen LogP) is 2.06. The van der Waals surface area contributed by atoms with E-state index in [2.05, 4.69) is 40.7 Å². The number of hydrogen-bond donors (Lipinski definition) is 2. The Morgan fingerprint density at radius 3 is 2.70 bits per heavy atom. The van der Waals surface area contributed by atoms with Crippen LogP contribution in [0.15, 0.2) is 29.3 Å². The van der Waals surface area contributed by atoms with Gasteiger partial charge in [0.1, 0.15) is 0 Å². The Labute approximate surface area is 139 Å². The molecule has 1 aliphatic rings. The van der Waals surface area contributed by atoms with Crippen molar-refractivity contribution in [2.24, 2.45) is 4.99 Å². The maximum Gasteiger partial charge on any atom is 0.241 e. The standard InChI is InChI=1S/C18H28N4O/c1-14-7-6-8-15(11-14)12-19-18(20-13-17(23)22(2)3)21-16-9-4-5-10-16/h6-8,11,16H,4-5,9-10,12-13H2,1-3H3,(H2,19,20,21). The van der Waals surface area contributed by atoms with Crippen LogP contribution in [0.2, 0.25) is 0 Å². The highest BCUT2D eigenvalue weighted by atomic mass is 16.2. The molecule has 1 amide bonds. The first-order valence-corrected chi connectivity index (χ1v) is 8.35. The molecule has 23 heavy (non-hydrogen) atoms. The number of aryl methyl sites for hydroxylation is 1. The number of likely N-dealkylation sites (N-methyl/N-ethyl adjacent to an activating group) is 1. The molecule has 5 heteroatoms. The van der Waals surface area contributed by atoms with Crippen LogP contribution in [0.4, 0.5) is 0 Å². The zero-order chi connectivity index (χ0) is 16.7. The molecule has 1 aromatic carbocycles. The monoisotopic (exact) mass is 316 g/mol. The molecule has 0 saturated heterocycles. The van der Waals surface area contributed by atoms with Gasteiger partial charge in [-0.2, -0.15) is 0 Å². The van der Waals surface area contributed by atoms with Crippen LogP contribution in [0.25, 0.3) is 0 Å². The van der Waals surface area contributed by atoms with Crippen LogP contribution >= 0.6 is 0 Å². The minimum atomic E-state index is 0.0430. The molecule has 0 bridgehead atoms. The highest BCUT2D eigenvalue weighted by Crippen LogP contribution is 2.17. The van der Waals surface area contributed by atoms with Crippen molar-refractivity contribution in [3.05, 3.63) is 35.4 Å². The SMILES string of the molecule is Cc1cccc(CN=C(NCC(=O)N(C)C)NC2CCCC2)c1. The molecule has 0 heterocycles. The average molecular weight is 316 g/mol. The lowest BCUT2D eigenvalue weighted by molar-refractivity contribution is -0.127. The molecule has 0 atom stereocenters. The van der Waals surface area contributed by atoms with E-state index in [1.165, 1.54) is 36.8 Å². The zero-order valence-corrected chi connectivity index (χ0v) is 14.4. The Morgan fingerprint density at radius 2 is 2.04 bits per heavy atom. The van der Waals surface area contributed by atoms with E-state index in [-0.39, 0.29) is 12.5 Å². The maximum atomic E-state index is 11.8. The third kappa shape index (κ3) is 5.93. The molecular formula is C18H28N4O. The van der Waals surface area contributed by atoms with Gasteiger partial charge >= 0.3 is 0 Å². The fourth-order valence-corrected chi connectivity index (χ4v) is 2.71. The number of benzene rings is 1. The van der Waals surface area contributed by atoms with Gasteiger partial charge in [-0.25, -0.2) is 4.99 Å². The topological polar surface area (TPSA) is 56.7 Å². The van der Waals surface area contributed by atoms with Crippen LogP contribution in [0, 0.1) is 6.92 Å². The van der Waals surface area contributed by atoms with Gasteiger partial charge in [-0.1, -0.05) is 42.7 Å². The van der Waals surface area contributed by atoms with Crippen molar-refractivity contribution in [3.63, 3.8) is 0 Å². The number of nitrogens with one attached hydrogen (secondary N) is 2. The molecule has 1 saturated carbocycles. The summed E-state index contributed by atoms with van der Waals surface area (Å²) < 4.78 is 0. The summed E-state index contributed by atoms with van der Waals surface area (Å²) >= 11 is 0. The first kappa shape index (κ1) is 17.3. The molecule has 0 radical (unpaired) electrons. The molecule has 0 spiro atoms. The first-order chi connectivity index (χ1) is 11.0. The van der Waals surface area contributed by atoms with E-state index in [9.17, 15) is 4.79 Å². The second kappa shape index (κ2) is 8.56. The largest absolute Gasteiger partial charge is 0.354 e. The quantitative estimate of drug-likeness (QED) is 0.646. The molecule has 0 aliphatic heterocycles. The van der Waals surface area contributed by atoms with E-state index in [0.717, 1.165) is 5.96 Å². The Hall–Kier alpha value is -2.04. The molecule has 5 nitrogen and oxygen atoms in total. The summed E-state index contributed by atoms with van der Waals surface area (Å²) in [6, 6.07) is 8.82.